The lowest BCUT2D eigenvalue weighted by Gasteiger charge is -2.19. The zero-order chi connectivity index (χ0) is 31.7. The van der Waals surface area contributed by atoms with E-state index < -0.39 is 17.6 Å². The van der Waals surface area contributed by atoms with E-state index >= 15 is 0 Å². The van der Waals surface area contributed by atoms with E-state index in [1.54, 1.807) is 57.4 Å². The second-order valence-corrected chi connectivity index (χ2v) is 10.8. The van der Waals surface area contributed by atoms with Gasteiger partial charge in [-0.2, -0.15) is 0 Å². The number of methoxy groups -OCH3 is 1. The van der Waals surface area contributed by atoms with Gasteiger partial charge in [0.05, 0.1) is 43.0 Å². The Labute approximate surface area is 259 Å². The topological polar surface area (TPSA) is 162 Å². The molecule has 13 nitrogen and oxygen atoms in total. The molecule has 0 saturated carbocycles. The second kappa shape index (κ2) is 14.5. The normalized spacial score (nSPS) is 11.0. The number of halogens is 1. The highest BCUT2D eigenvalue weighted by Crippen LogP contribution is 2.38. The fraction of sp³-hybridized carbons (Fsp3) is 0.300. The summed E-state index contributed by atoms with van der Waals surface area (Å²) in [5, 5.41) is 16.3. The number of ether oxygens (including phenoxy) is 3. The minimum Gasteiger partial charge on any atom is -0.494 e. The number of amides is 2. The maximum absolute atomic E-state index is 12.5. The maximum atomic E-state index is 12.5. The first-order valence-electron chi connectivity index (χ1n) is 13.6. The fourth-order valence-electron chi connectivity index (χ4n) is 4.05. The minimum absolute atomic E-state index is 0.0566. The van der Waals surface area contributed by atoms with Gasteiger partial charge in [-0.25, -0.2) is 19.7 Å². The van der Waals surface area contributed by atoms with Gasteiger partial charge >= 0.3 is 6.09 Å². The van der Waals surface area contributed by atoms with Crippen LogP contribution < -0.4 is 20.7 Å². The highest BCUT2D eigenvalue weighted by atomic mass is 35.5. The quantitative estimate of drug-likeness (QED) is 0.189. The first-order chi connectivity index (χ1) is 21.1. The molecule has 0 spiro atoms. The number of nitrogens with zero attached hydrogens (tertiary/aromatic N) is 5. The van der Waals surface area contributed by atoms with Gasteiger partial charge in [-0.05, 0) is 63.1 Å². The number of benzene rings is 1. The molecule has 4 aromatic rings. The number of pyridine rings is 1. The molecule has 2 amide bonds. The van der Waals surface area contributed by atoms with Crippen molar-refractivity contribution in [3.63, 3.8) is 0 Å². The van der Waals surface area contributed by atoms with Crippen molar-refractivity contribution in [2.45, 2.75) is 39.4 Å². The summed E-state index contributed by atoms with van der Waals surface area (Å²) in [7, 11) is 3.03. The lowest BCUT2D eigenvalue weighted by molar-refractivity contribution is 0.0634. The average molecular weight is 621 g/mol. The Hall–Kier alpha value is -4.88. The molecular formula is C30H33ClN8O5. The standard InChI is InChI=1S/C30H33ClN8O5/c1-30(2,3)44-29(41)37-24-9-6-8-19(35-24)17-43-13-10-18-14-20(27-33-11-7-12-34-27)26(42-5)22(15-18)36-21-16-23(31)38-39-25(21)28(40)32-4/h6-9,11-12,14-16H,10,13,17H2,1-5H3,(H,32,40)(H,36,38)(H,35,37,41). The number of carbonyl (C=O) groups excluding carboxylic acids is 2. The van der Waals surface area contributed by atoms with Gasteiger partial charge in [0.2, 0.25) is 0 Å². The SMILES string of the molecule is CNC(=O)c1nnc(Cl)cc1Nc1cc(CCOCc2cccc(NC(=O)OC(C)(C)C)n2)cc(-c2ncccn2)c1OC. The summed E-state index contributed by atoms with van der Waals surface area (Å²) in [6.07, 6.45) is 3.20. The third-order valence-corrected chi connectivity index (χ3v) is 6.04. The van der Waals surface area contributed by atoms with Crippen LogP contribution in [0, 0.1) is 0 Å². The van der Waals surface area contributed by atoms with E-state index in [0.29, 0.717) is 53.1 Å². The van der Waals surface area contributed by atoms with Crippen molar-refractivity contribution in [3.8, 4) is 17.1 Å². The molecule has 0 bridgehead atoms. The fourth-order valence-corrected chi connectivity index (χ4v) is 4.20. The van der Waals surface area contributed by atoms with Crippen molar-refractivity contribution in [2.24, 2.45) is 0 Å². The van der Waals surface area contributed by atoms with E-state index in [1.165, 1.54) is 20.2 Å². The molecule has 0 fully saturated rings. The summed E-state index contributed by atoms with van der Waals surface area (Å²) in [5.41, 5.74) is 2.44. The van der Waals surface area contributed by atoms with Gasteiger partial charge in [-0.15, -0.1) is 10.2 Å². The number of aromatic nitrogens is 5. The molecule has 0 aliphatic heterocycles. The summed E-state index contributed by atoms with van der Waals surface area (Å²) in [6, 6.07) is 12.3. The van der Waals surface area contributed by atoms with Crippen LogP contribution in [0.5, 0.6) is 5.75 Å². The Bertz CT molecular complexity index is 1620. The number of hydrogen-bond donors (Lipinski definition) is 3. The van der Waals surface area contributed by atoms with Crippen LogP contribution in [0.3, 0.4) is 0 Å². The summed E-state index contributed by atoms with van der Waals surface area (Å²) >= 11 is 6.11. The summed E-state index contributed by atoms with van der Waals surface area (Å²) in [4.78, 5) is 37.8. The number of anilines is 3. The largest absolute Gasteiger partial charge is 0.494 e. The van der Waals surface area contributed by atoms with Crippen molar-refractivity contribution in [1.82, 2.24) is 30.5 Å². The van der Waals surface area contributed by atoms with Gasteiger partial charge in [0.1, 0.15) is 11.4 Å². The summed E-state index contributed by atoms with van der Waals surface area (Å²) in [5.74, 6) is 0.826. The van der Waals surface area contributed by atoms with Crippen LogP contribution in [0.15, 0.2) is 54.9 Å². The molecule has 3 heterocycles. The lowest BCUT2D eigenvalue weighted by Crippen LogP contribution is -2.27. The first-order valence-corrected chi connectivity index (χ1v) is 14.0. The number of carbonyl (C=O) groups is 2. The molecule has 0 aliphatic rings. The van der Waals surface area contributed by atoms with E-state index in [0.717, 1.165) is 5.56 Å². The molecule has 14 heteroatoms. The maximum Gasteiger partial charge on any atom is 0.413 e. The van der Waals surface area contributed by atoms with E-state index in [4.69, 9.17) is 25.8 Å². The molecule has 0 saturated heterocycles. The highest BCUT2D eigenvalue weighted by molar-refractivity contribution is 6.29. The van der Waals surface area contributed by atoms with E-state index in [-0.39, 0.29) is 17.5 Å². The molecule has 0 unspecified atom stereocenters. The number of hydrogen-bond acceptors (Lipinski definition) is 11. The van der Waals surface area contributed by atoms with Gasteiger partial charge in [-0.3, -0.25) is 10.1 Å². The van der Waals surface area contributed by atoms with Crippen molar-refractivity contribution in [2.75, 3.05) is 31.4 Å². The molecule has 0 atom stereocenters. The van der Waals surface area contributed by atoms with Gasteiger partial charge < -0.3 is 24.8 Å². The first kappa shape index (κ1) is 32.0. The van der Waals surface area contributed by atoms with Gasteiger partial charge in [0.15, 0.2) is 22.4 Å². The zero-order valence-electron chi connectivity index (χ0n) is 25.0. The number of nitrogens with one attached hydrogen (secondary N) is 3. The Kier molecular flexibility index (Phi) is 10.6. The third kappa shape index (κ3) is 8.82. The van der Waals surface area contributed by atoms with Crippen LogP contribution in [0.1, 0.15) is 42.5 Å². The molecule has 0 radical (unpaired) electrons. The van der Waals surface area contributed by atoms with Crippen molar-refractivity contribution in [1.29, 1.82) is 0 Å². The lowest BCUT2D eigenvalue weighted by atomic mass is 10.0. The molecule has 0 aliphatic carbocycles. The molecule has 230 valence electrons. The molecular weight excluding hydrogens is 588 g/mol. The van der Waals surface area contributed by atoms with Crippen LogP contribution in [0.2, 0.25) is 5.15 Å². The summed E-state index contributed by atoms with van der Waals surface area (Å²) < 4.78 is 17.0. The Morgan fingerprint density at radius 3 is 2.48 bits per heavy atom. The van der Waals surface area contributed by atoms with Crippen molar-refractivity contribution in [3.05, 3.63) is 77.0 Å². The number of rotatable bonds is 11. The highest BCUT2D eigenvalue weighted by Gasteiger charge is 2.20. The van der Waals surface area contributed by atoms with Crippen LogP contribution in [0.4, 0.5) is 22.0 Å². The molecule has 3 aromatic heterocycles. The van der Waals surface area contributed by atoms with Crippen molar-refractivity contribution >= 4 is 40.8 Å². The van der Waals surface area contributed by atoms with Gasteiger partial charge in [-0.1, -0.05) is 17.7 Å². The minimum atomic E-state index is -0.622. The van der Waals surface area contributed by atoms with Crippen LogP contribution in [-0.2, 0) is 22.5 Å². The van der Waals surface area contributed by atoms with Crippen LogP contribution in [0.25, 0.3) is 11.4 Å². The second-order valence-electron chi connectivity index (χ2n) is 10.4. The summed E-state index contributed by atoms with van der Waals surface area (Å²) in [6.45, 7) is 5.93. The van der Waals surface area contributed by atoms with Crippen molar-refractivity contribution < 1.29 is 23.8 Å². The van der Waals surface area contributed by atoms with E-state index in [2.05, 4.69) is 41.1 Å². The van der Waals surface area contributed by atoms with E-state index in [1.807, 2.05) is 12.1 Å². The van der Waals surface area contributed by atoms with Gasteiger partial charge in [0.25, 0.3) is 5.91 Å². The predicted molar refractivity (Wildman–Crippen MR) is 165 cm³/mol. The predicted octanol–water partition coefficient (Wildman–Crippen LogP) is 5.20. The molecule has 44 heavy (non-hydrogen) atoms. The van der Waals surface area contributed by atoms with E-state index in [9.17, 15) is 9.59 Å². The Balaban J connectivity index is 1.54. The van der Waals surface area contributed by atoms with Crippen LogP contribution >= 0.6 is 11.6 Å². The average Bonchev–Trinajstić information content (AvgIpc) is 2.98. The molecule has 4 rings (SSSR count). The van der Waals surface area contributed by atoms with Crippen LogP contribution in [-0.4, -0.2) is 63.5 Å². The molecule has 3 N–H and O–H groups in total. The monoisotopic (exact) mass is 620 g/mol. The Morgan fingerprint density at radius 2 is 1.77 bits per heavy atom. The third-order valence-electron chi connectivity index (χ3n) is 5.86. The smallest absolute Gasteiger partial charge is 0.413 e. The van der Waals surface area contributed by atoms with Gasteiger partial charge in [0, 0.05) is 25.5 Å². The zero-order valence-corrected chi connectivity index (χ0v) is 25.7. The molecule has 1 aromatic carbocycles. The Morgan fingerprint density at radius 1 is 1.00 bits per heavy atom.